The quantitative estimate of drug-likeness (QED) is 0.844. The topological polar surface area (TPSA) is 38.9 Å². The zero-order chi connectivity index (χ0) is 9.97. The minimum atomic E-state index is 0.404. The van der Waals surface area contributed by atoms with Gasteiger partial charge in [0.15, 0.2) is 0 Å². The lowest BCUT2D eigenvalue weighted by atomic mass is 10.1. The van der Waals surface area contributed by atoms with E-state index in [0.29, 0.717) is 17.1 Å². The molecule has 0 aliphatic heterocycles. The standard InChI is InChI=1S/C9H6BrClN2O/c10-9-13-12-8(14-9)5-6-1-3-7(11)4-2-6/h1-4H,5H2. The first-order valence-corrected chi connectivity index (χ1v) is 5.13. The number of nitrogens with zero attached hydrogens (tertiary/aromatic N) is 2. The molecule has 0 fully saturated rings. The summed E-state index contributed by atoms with van der Waals surface area (Å²) in [4.78, 5) is 0.404. The van der Waals surface area contributed by atoms with E-state index < -0.39 is 0 Å². The predicted octanol–water partition coefficient (Wildman–Crippen LogP) is 3.08. The zero-order valence-electron chi connectivity index (χ0n) is 7.08. The van der Waals surface area contributed by atoms with Crippen LogP contribution in [0.5, 0.6) is 0 Å². The summed E-state index contributed by atoms with van der Waals surface area (Å²) in [5.74, 6) is 0.583. The zero-order valence-corrected chi connectivity index (χ0v) is 9.42. The minimum absolute atomic E-state index is 0.404. The molecule has 1 aromatic heterocycles. The van der Waals surface area contributed by atoms with Crippen LogP contribution in [0.1, 0.15) is 11.5 Å². The number of rotatable bonds is 2. The van der Waals surface area contributed by atoms with E-state index in [-0.39, 0.29) is 0 Å². The third-order valence-electron chi connectivity index (χ3n) is 1.71. The highest BCUT2D eigenvalue weighted by molar-refractivity contribution is 9.10. The van der Waals surface area contributed by atoms with Crippen molar-refractivity contribution in [3.63, 3.8) is 0 Å². The molecule has 0 unspecified atom stereocenters. The second-order valence-corrected chi connectivity index (χ2v) is 3.87. The average Bonchev–Trinajstić information content (AvgIpc) is 2.56. The SMILES string of the molecule is Clc1ccc(Cc2nnc(Br)o2)cc1. The van der Waals surface area contributed by atoms with Crippen LogP contribution in [0.4, 0.5) is 0 Å². The van der Waals surface area contributed by atoms with Crippen molar-refractivity contribution in [1.82, 2.24) is 10.2 Å². The van der Waals surface area contributed by atoms with E-state index in [1.807, 2.05) is 24.3 Å². The molecule has 5 heteroatoms. The van der Waals surface area contributed by atoms with Crippen LogP contribution in [0.25, 0.3) is 0 Å². The van der Waals surface area contributed by atoms with Gasteiger partial charge in [0, 0.05) is 21.0 Å². The molecule has 2 rings (SSSR count). The molecule has 0 atom stereocenters. The molecule has 3 nitrogen and oxygen atoms in total. The van der Waals surface area contributed by atoms with Crippen LogP contribution in [0.2, 0.25) is 5.02 Å². The van der Waals surface area contributed by atoms with Gasteiger partial charge in [-0.05, 0) is 17.7 Å². The molecule has 0 saturated heterocycles. The lowest BCUT2D eigenvalue weighted by Gasteiger charge is -1.95. The van der Waals surface area contributed by atoms with Crippen molar-refractivity contribution in [2.75, 3.05) is 0 Å². The van der Waals surface area contributed by atoms with E-state index in [9.17, 15) is 0 Å². The normalized spacial score (nSPS) is 10.4. The first-order chi connectivity index (χ1) is 6.74. The van der Waals surface area contributed by atoms with Gasteiger partial charge in [0.05, 0.1) is 6.42 Å². The molecule has 14 heavy (non-hydrogen) atoms. The monoisotopic (exact) mass is 272 g/mol. The Labute approximate surface area is 94.2 Å². The molecule has 0 aliphatic carbocycles. The largest absolute Gasteiger partial charge is 0.415 e. The van der Waals surface area contributed by atoms with Crippen LogP contribution >= 0.6 is 27.5 Å². The Bertz CT molecular complexity index is 427. The van der Waals surface area contributed by atoms with Crippen molar-refractivity contribution in [2.24, 2.45) is 0 Å². The van der Waals surface area contributed by atoms with E-state index >= 15 is 0 Å². The van der Waals surface area contributed by atoms with Crippen molar-refractivity contribution in [3.8, 4) is 0 Å². The Balaban J connectivity index is 2.15. The van der Waals surface area contributed by atoms with Gasteiger partial charge in [-0.15, -0.1) is 10.2 Å². The van der Waals surface area contributed by atoms with Crippen LogP contribution < -0.4 is 0 Å². The fraction of sp³-hybridized carbons (Fsp3) is 0.111. The third-order valence-corrected chi connectivity index (χ3v) is 2.28. The molecule has 0 radical (unpaired) electrons. The highest BCUT2D eigenvalue weighted by Gasteiger charge is 2.03. The number of hydrogen-bond acceptors (Lipinski definition) is 3. The summed E-state index contributed by atoms with van der Waals surface area (Å²) in [5.41, 5.74) is 1.09. The summed E-state index contributed by atoms with van der Waals surface area (Å²) in [6.07, 6.45) is 0.621. The molecule has 0 N–H and O–H groups in total. The Morgan fingerprint density at radius 2 is 1.93 bits per heavy atom. The number of aromatic nitrogens is 2. The fourth-order valence-electron chi connectivity index (χ4n) is 1.08. The third kappa shape index (κ3) is 2.33. The van der Waals surface area contributed by atoms with Crippen LogP contribution in [0.15, 0.2) is 33.5 Å². The molecule has 0 aliphatic rings. The first kappa shape index (κ1) is 9.68. The van der Waals surface area contributed by atoms with Gasteiger partial charge in [0.1, 0.15) is 0 Å². The Morgan fingerprint density at radius 1 is 1.21 bits per heavy atom. The summed E-state index contributed by atoms with van der Waals surface area (Å²) in [6.45, 7) is 0. The summed E-state index contributed by atoms with van der Waals surface area (Å²) in [7, 11) is 0. The van der Waals surface area contributed by atoms with Gasteiger partial charge in [-0.1, -0.05) is 23.7 Å². The molecule has 0 amide bonds. The summed E-state index contributed by atoms with van der Waals surface area (Å²) in [5, 5.41) is 8.26. The highest BCUT2D eigenvalue weighted by atomic mass is 79.9. The van der Waals surface area contributed by atoms with E-state index in [1.165, 1.54) is 0 Å². The van der Waals surface area contributed by atoms with Gasteiger partial charge in [-0.3, -0.25) is 0 Å². The number of benzene rings is 1. The van der Waals surface area contributed by atoms with E-state index in [4.69, 9.17) is 16.0 Å². The van der Waals surface area contributed by atoms with Gasteiger partial charge in [0.2, 0.25) is 5.89 Å². The van der Waals surface area contributed by atoms with Crippen LogP contribution in [-0.4, -0.2) is 10.2 Å². The predicted molar refractivity (Wildman–Crippen MR) is 56.3 cm³/mol. The molecular formula is C9H6BrClN2O. The highest BCUT2D eigenvalue weighted by Crippen LogP contribution is 2.14. The summed E-state index contributed by atoms with van der Waals surface area (Å²) in [6, 6.07) is 7.53. The maximum atomic E-state index is 5.76. The van der Waals surface area contributed by atoms with Crippen molar-refractivity contribution in [3.05, 3.63) is 45.5 Å². The Morgan fingerprint density at radius 3 is 2.50 bits per heavy atom. The molecule has 2 aromatic rings. The second kappa shape index (κ2) is 4.11. The fourth-order valence-corrected chi connectivity index (χ4v) is 1.47. The van der Waals surface area contributed by atoms with Crippen molar-refractivity contribution in [1.29, 1.82) is 0 Å². The lowest BCUT2D eigenvalue weighted by molar-refractivity contribution is 0.482. The molecule has 72 valence electrons. The van der Waals surface area contributed by atoms with Crippen LogP contribution in [0, 0.1) is 0 Å². The van der Waals surface area contributed by atoms with Crippen molar-refractivity contribution < 1.29 is 4.42 Å². The van der Waals surface area contributed by atoms with E-state index in [1.54, 1.807) is 0 Å². The smallest absolute Gasteiger partial charge is 0.284 e. The van der Waals surface area contributed by atoms with Gasteiger partial charge >= 0.3 is 0 Å². The molecule has 0 bridgehead atoms. The summed E-state index contributed by atoms with van der Waals surface area (Å²) >= 11 is 8.86. The van der Waals surface area contributed by atoms with Crippen molar-refractivity contribution >= 4 is 27.5 Å². The maximum Gasteiger partial charge on any atom is 0.284 e. The number of hydrogen-bond donors (Lipinski definition) is 0. The molecular weight excluding hydrogens is 267 g/mol. The van der Waals surface area contributed by atoms with Crippen molar-refractivity contribution in [2.45, 2.75) is 6.42 Å². The van der Waals surface area contributed by atoms with Crippen LogP contribution in [-0.2, 0) is 6.42 Å². The minimum Gasteiger partial charge on any atom is -0.415 e. The van der Waals surface area contributed by atoms with Gasteiger partial charge in [-0.25, -0.2) is 0 Å². The number of halogens is 2. The summed E-state index contributed by atoms with van der Waals surface area (Å²) < 4.78 is 5.18. The lowest BCUT2D eigenvalue weighted by Crippen LogP contribution is -1.87. The molecule has 1 aromatic carbocycles. The first-order valence-electron chi connectivity index (χ1n) is 3.96. The Hall–Kier alpha value is -0.870. The van der Waals surface area contributed by atoms with Gasteiger partial charge < -0.3 is 4.42 Å². The van der Waals surface area contributed by atoms with Gasteiger partial charge in [-0.2, -0.15) is 0 Å². The second-order valence-electron chi connectivity index (χ2n) is 2.75. The molecule has 0 spiro atoms. The molecule has 0 saturated carbocycles. The molecule has 1 heterocycles. The van der Waals surface area contributed by atoms with E-state index in [2.05, 4.69) is 26.1 Å². The Kier molecular flexibility index (Phi) is 2.84. The average molecular weight is 274 g/mol. The van der Waals surface area contributed by atoms with Gasteiger partial charge in [0.25, 0.3) is 4.80 Å². The van der Waals surface area contributed by atoms with E-state index in [0.717, 1.165) is 10.6 Å². The van der Waals surface area contributed by atoms with Crippen LogP contribution in [0.3, 0.4) is 0 Å². The maximum absolute atomic E-state index is 5.76.